The number of esters is 1. The van der Waals surface area contributed by atoms with Crippen LogP contribution in [0.1, 0.15) is 31.1 Å². The number of Topliss-reactive ketones (excluding diaryl/α,β-unsaturated/α-hetero) is 1. The van der Waals surface area contributed by atoms with Crippen LogP contribution in [-0.2, 0) is 9.53 Å². The fourth-order valence-corrected chi connectivity index (χ4v) is 1.28. The number of carbonyl (C=O) groups is 2. The van der Waals surface area contributed by atoms with Crippen LogP contribution in [0.15, 0.2) is 28.7 Å². The minimum absolute atomic E-state index is 0.0945. The van der Waals surface area contributed by atoms with Crippen molar-refractivity contribution in [3.05, 3.63) is 34.3 Å². The van der Waals surface area contributed by atoms with Crippen molar-refractivity contribution in [1.82, 2.24) is 0 Å². The molecular weight excluding hydrogens is 284 g/mol. The fraction of sp³-hybridized carbons (Fsp3) is 0.385. The largest absolute Gasteiger partial charge is 0.454 e. The Labute approximate surface area is 109 Å². The normalized spacial score (nSPS) is 11.1. The van der Waals surface area contributed by atoms with Crippen molar-refractivity contribution in [2.75, 3.05) is 6.61 Å². The van der Waals surface area contributed by atoms with E-state index in [0.29, 0.717) is 5.56 Å². The summed E-state index contributed by atoms with van der Waals surface area (Å²) in [7, 11) is 0. The monoisotopic (exact) mass is 298 g/mol. The highest BCUT2D eigenvalue weighted by Crippen LogP contribution is 2.15. The molecule has 0 aliphatic rings. The van der Waals surface area contributed by atoms with Crippen LogP contribution in [0.25, 0.3) is 0 Å². The van der Waals surface area contributed by atoms with E-state index in [-0.39, 0.29) is 12.4 Å². The van der Waals surface area contributed by atoms with Gasteiger partial charge in [0.15, 0.2) is 12.4 Å². The van der Waals surface area contributed by atoms with E-state index in [0.717, 1.165) is 4.47 Å². The molecule has 0 aliphatic carbocycles. The van der Waals surface area contributed by atoms with Gasteiger partial charge in [-0.05, 0) is 24.3 Å². The van der Waals surface area contributed by atoms with Crippen molar-refractivity contribution in [3.63, 3.8) is 0 Å². The Hall–Kier alpha value is -1.16. The highest BCUT2D eigenvalue weighted by Gasteiger charge is 2.22. The van der Waals surface area contributed by atoms with E-state index in [1.54, 1.807) is 45.0 Å². The van der Waals surface area contributed by atoms with Crippen LogP contribution >= 0.6 is 15.9 Å². The zero-order chi connectivity index (χ0) is 13.1. The van der Waals surface area contributed by atoms with Gasteiger partial charge in [0.2, 0.25) is 0 Å². The lowest BCUT2D eigenvalue weighted by Gasteiger charge is -2.16. The molecular formula is C13H15BrO3. The molecule has 3 nitrogen and oxygen atoms in total. The van der Waals surface area contributed by atoms with E-state index >= 15 is 0 Å². The van der Waals surface area contributed by atoms with E-state index < -0.39 is 11.4 Å². The topological polar surface area (TPSA) is 43.4 Å². The lowest BCUT2D eigenvalue weighted by molar-refractivity contribution is -0.129. The molecule has 0 N–H and O–H groups in total. The molecule has 1 aromatic rings. The number of rotatable bonds is 3. The molecule has 1 aromatic carbocycles. The minimum atomic E-state index is -0.486. The zero-order valence-corrected chi connectivity index (χ0v) is 11.7. The standard InChI is InChI=1S/C13H15BrO3/c1-13(2,3)11(15)8-17-12(16)9-4-6-10(14)7-5-9/h4-7H,8H2,1-3H3. The number of halogens is 1. The van der Waals surface area contributed by atoms with Crippen LogP contribution in [0.5, 0.6) is 0 Å². The molecule has 0 saturated heterocycles. The van der Waals surface area contributed by atoms with E-state index in [2.05, 4.69) is 15.9 Å². The van der Waals surface area contributed by atoms with Crippen LogP contribution in [0.2, 0.25) is 0 Å². The Kier molecular flexibility index (Phi) is 4.46. The number of hydrogen-bond acceptors (Lipinski definition) is 3. The summed E-state index contributed by atoms with van der Waals surface area (Å²) in [4.78, 5) is 23.2. The molecule has 0 fully saturated rings. The summed E-state index contributed by atoms with van der Waals surface area (Å²) in [6, 6.07) is 6.80. The Bertz CT molecular complexity index is 415. The smallest absolute Gasteiger partial charge is 0.338 e. The van der Waals surface area contributed by atoms with Crippen LogP contribution in [0.4, 0.5) is 0 Å². The summed E-state index contributed by atoms with van der Waals surface area (Å²) in [6.07, 6.45) is 0. The summed E-state index contributed by atoms with van der Waals surface area (Å²) in [5, 5.41) is 0. The third-order valence-electron chi connectivity index (χ3n) is 2.25. The Morgan fingerprint density at radius 2 is 1.71 bits per heavy atom. The first kappa shape index (κ1) is 13.9. The van der Waals surface area contributed by atoms with Gasteiger partial charge in [-0.3, -0.25) is 4.79 Å². The fourth-order valence-electron chi connectivity index (χ4n) is 1.02. The molecule has 0 heterocycles. The third kappa shape index (κ3) is 4.30. The molecule has 0 aromatic heterocycles. The van der Waals surface area contributed by atoms with Gasteiger partial charge in [-0.15, -0.1) is 0 Å². The molecule has 92 valence electrons. The lowest BCUT2D eigenvalue weighted by Crippen LogP contribution is -2.26. The number of benzene rings is 1. The van der Waals surface area contributed by atoms with Gasteiger partial charge in [0.25, 0.3) is 0 Å². The van der Waals surface area contributed by atoms with Gasteiger partial charge < -0.3 is 4.74 Å². The van der Waals surface area contributed by atoms with E-state index in [1.165, 1.54) is 0 Å². The second-order valence-corrected chi connectivity index (χ2v) is 5.67. The molecule has 0 radical (unpaired) electrons. The highest BCUT2D eigenvalue weighted by molar-refractivity contribution is 9.10. The second-order valence-electron chi connectivity index (χ2n) is 4.76. The first-order valence-corrected chi connectivity index (χ1v) is 6.06. The van der Waals surface area contributed by atoms with Gasteiger partial charge in [-0.1, -0.05) is 36.7 Å². The number of ketones is 1. The van der Waals surface area contributed by atoms with Crippen molar-refractivity contribution < 1.29 is 14.3 Å². The Morgan fingerprint density at radius 1 is 1.18 bits per heavy atom. The van der Waals surface area contributed by atoms with E-state index in [9.17, 15) is 9.59 Å². The molecule has 0 saturated carbocycles. The van der Waals surface area contributed by atoms with Crippen molar-refractivity contribution >= 4 is 27.7 Å². The second kappa shape index (κ2) is 5.45. The predicted octanol–water partition coefficient (Wildman–Crippen LogP) is 3.22. The van der Waals surface area contributed by atoms with Crippen molar-refractivity contribution in [2.45, 2.75) is 20.8 Å². The molecule has 1 rings (SSSR count). The van der Waals surface area contributed by atoms with E-state index in [1.807, 2.05) is 0 Å². The van der Waals surface area contributed by atoms with Gasteiger partial charge in [0, 0.05) is 9.89 Å². The molecule has 0 spiro atoms. The van der Waals surface area contributed by atoms with Gasteiger partial charge in [-0.25, -0.2) is 4.79 Å². The maximum absolute atomic E-state index is 11.6. The summed E-state index contributed by atoms with van der Waals surface area (Å²) < 4.78 is 5.84. The molecule has 0 atom stereocenters. The maximum atomic E-state index is 11.6. The van der Waals surface area contributed by atoms with Gasteiger partial charge >= 0.3 is 5.97 Å². The molecule has 0 bridgehead atoms. The van der Waals surface area contributed by atoms with E-state index in [4.69, 9.17) is 4.74 Å². The first-order chi connectivity index (χ1) is 7.80. The third-order valence-corrected chi connectivity index (χ3v) is 2.78. The molecule has 17 heavy (non-hydrogen) atoms. The van der Waals surface area contributed by atoms with Crippen LogP contribution < -0.4 is 0 Å². The van der Waals surface area contributed by atoms with Crippen molar-refractivity contribution in [1.29, 1.82) is 0 Å². The van der Waals surface area contributed by atoms with Crippen LogP contribution in [0, 0.1) is 5.41 Å². The molecule has 4 heteroatoms. The summed E-state index contributed by atoms with van der Waals surface area (Å²) in [5.74, 6) is -0.571. The number of carbonyl (C=O) groups excluding carboxylic acids is 2. The zero-order valence-electron chi connectivity index (χ0n) is 10.1. The van der Waals surface area contributed by atoms with Crippen LogP contribution in [0.3, 0.4) is 0 Å². The highest BCUT2D eigenvalue weighted by atomic mass is 79.9. The average molecular weight is 299 g/mol. The Morgan fingerprint density at radius 3 is 2.18 bits per heavy atom. The molecule has 0 unspecified atom stereocenters. The minimum Gasteiger partial charge on any atom is -0.454 e. The summed E-state index contributed by atoms with van der Waals surface area (Å²) in [5.41, 5.74) is -0.0464. The average Bonchev–Trinajstić information content (AvgIpc) is 2.25. The van der Waals surface area contributed by atoms with Gasteiger partial charge in [0.1, 0.15) is 0 Å². The SMILES string of the molecule is CC(C)(C)C(=O)COC(=O)c1ccc(Br)cc1. The Balaban J connectivity index is 2.56. The number of ether oxygens (including phenoxy) is 1. The predicted molar refractivity (Wildman–Crippen MR) is 68.9 cm³/mol. The lowest BCUT2D eigenvalue weighted by atomic mass is 9.91. The van der Waals surface area contributed by atoms with Crippen molar-refractivity contribution in [3.8, 4) is 0 Å². The molecule has 0 aliphatic heterocycles. The van der Waals surface area contributed by atoms with Crippen molar-refractivity contribution in [2.24, 2.45) is 5.41 Å². The molecule has 0 amide bonds. The quantitative estimate of drug-likeness (QED) is 0.805. The summed E-state index contributed by atoms with van der Waals surface area (Å²) in [6.45, 7) is 5.20. The summed E-state index contributed by atoms with van der Waals surface area (Å²) >= 11 is 3.28. The van der Waals surface area contributed by atoms with Gasteiger partial charge in [-0.2, -0.15) is 0 Å². The van der Waals surface area contributed by atoms with Gasteiger partial charge in [0.05, 0.1) is 5.56 Å². The van der Waals surface area contributed by atoms with Crippen LogP contribution in [-0.4, -0.2) is 18.4 Å². The number of hydrogen-bond donors (Lipinski definition) is 0. The maximum Gasteiger partial charge on any atom is 0.338 e. The first-order valence-electron chi connectivity index (χ1n) is 5.26.